The smallest absolute Gasteiger partial charge is 0.255 e. The average Bonchev–Trinajstić information content (AvgIpc) is 2.55. The van der Waals surface area contributed by atoms with Crippen molar-refractivity contribution in [1.82, 2.24) is 9.88 Å². The summed E-state index contributed by atoms with van der Waals surface area (Å²) < 4.78 is 0. The Kier molecular flexibility index (Phi) is 4.65. The standard InChI is InChI=1S/C18H27N3O/c1-14-5-8-20(9-6-14)17-10-16(11-19-12-17)18(22)21-7-3-4-15(2)13-21/h10-12,14-15H,3-9,13H2,1-2H3. The van der Waals surface area contributed by atoms with Crippen molar-refractivity contribution in [2.75, 3.05) is 31.1 Å². The number of carbonyl (C=O) groups excluding carboxylic acids is 1. The Morgan fingerprint density at radius 1 is 1.09 bits per heavy atom. The first kappa shape index (κ1) is 15.3. The van der Waals surface area contributed by atoms with Crippen LogP contribution in [-0.4, -0.2) is 42.0 Å². The van der Waals surface area contributed by atoms with Gasteiger partial charge < -0.3 is 9.80 Å². The summed E-state index contributed by atoms with van der Waals surface area (Å²) in [6.45, 7) is 8.44. The molecule has 0 aliphatic carbocycles. The second-order valence-electron chi connectivity index (χ2n) is 7.10. The molecule has 0 spiro atoms. The molecule has 3 rings (SSSR count). The lowest BCUT2D eigenvalue weighted by Gasteiger charge is -2.33. The maximum atomic E-state index is 12.7. The van der Waals surface area contributed by atoms with Crippen molar-refractivity contribution in [3.8, 4) is 0 Å². The summed E-state index contributed by atoms with van der Waals surface area (Å²) in [6.07, 6.45) is 8.41. The second kappa shape index (κ2) is 6.67. The fourth-order valence-corrected chi connectivity index (χ4v) is 3.54. The number of piperidine rings is 2. The molecule has 1 aromatic rings. The number of nitrogens with zero attached hydrogens (tertiary/aromatic N) is 3. The molecule has 2 aliphatic rings. The van der Waals surface area contributed by atoms with E-state index >= 15 is 0 Å². The molecule has 4 nitrogen and oxygen atoms in total. The van der Waals surface area contributed by atoms with Crippen LogP contribution in [0.15, 0.2) is 18.5 Å². The lowest BCUT2D eigenvalue weighted by atomic mass is 9.98. The molecule has 0 N–H and O–H groups in total. The number of rotatable bonds is 2. The summed E-state index contributed by atoms with van der Waals surface area (Å²) in [7, 11) is 0. The largest absolute Gasteiger partial charge is 0.370 e. The zero-order valence-corrected chi connectivity index (χ0v) is 13.8. The predicted octanol–water partition coefficient (Wildman–Crippen LogP) is 3.19. The first-order valence-electron chi connectivity index (χ1n) is 8.63. The summed E-state index contributed by atoms with van der Waals surface area (Å²) in [5.41, 5.74) is 1.84. The van der Waals surface area contributed by atoms with Gasteiger partial charge in [-0.25, -0.2) is 0 Å². The summed E-state index contributed by atoms with van der Waals surface area (Å²) in [5, 5.41) is 0. The van der Waals surface area contributed by atoms with Gasteiger partial charge in [-0.3, -0.25) is 9.78 Å². The minimum atomic E-state index is 0.145. The fraction of sp³-hybridized carbons (Fsp3) is 0.667. The van der Waals surface area contributed by atoms with E-state index in [0.717, 1.165) is 49.8 Å². The van der Waals surface area contributed by atoms with E-state index in [1.165, 1.54) is 19.3 Å². The molecule has 4 heteroatoms. The van der Waals surface area contributed by atoms with Gasteiger partial charge in [-0.2, -0.15) is 0 Å². The number of pyridine rings is 1. The molecule has 120 valence electrons. The average molecular weight is 301 g/mol. The van der Waals surface area contributed by atoms with Gasteiger partial charge in [0.2, 0.25) is 0 Å². The highest BCUT2D eigenvalue weighted by molar-refractivity contribution is 5.94. The summed E-state index contributed by atoms with van der Waals surface area (Å²) in [4.78, 5) is 21.4. The van der Waals surface area contributed by atoms with Crippen molar-refractivity contribution in [3.63, 3.8) is 0 Å². The Balaban J connectivity index is 1.71. The highest BCUT2D eigenvalue weighted by Crippen LogP contribution is 2.24. The van der Waals surface area contributed by atoms with Crippen molar-refractivity contribution in [2.45, 2.75) is 39.5 Å². The topological polar surface area (TPSA) is 36.4 Å². The number of amides is 1. The van der Waals surface area contributed by atoms with Gasteiger partial charge in [0.15, 0.2) is 0 Å². The molecule has 2 fully saturated rings. The van der Waals surface area contributed by atoms with Gasteiger partial charge in [-0.05, 0) is 43.6 Å². The van der Waals surface area contributed by atoms with Crippen LogP contribution in [0.4, 0.5) is 5.69 Å². The molecule has 3 heterocycles. The lowest BCUT2D eigenvalue weighted by Crippen LogP contribution is -2.39. The molecule has 0 aromatic carbocycles. The fourth-order valence-electron chi connectivity index (χ4n) is 3.54. The van der Waals surface area contributed by atoms with Crippen LogP contribution in [0.3, 0.4) is 0 Å². The van der Waals surface area contributed by atoms with E-state index in [1.54, 1.807) is 6.20 Å². The van der Waals surface area contributed by atoms with Gasteiger partial charge in [-0.15, -0.1) is 0 Å². The van der Waals surface area contributed by atoms with Crippen molar-refractivity contribution >= 4 is 11.6 Å². The molecule has 1 atom stereocenters. The quantitative estimate of drug-likeness (QED) is 0.841. The molecule has 1 aromatic heterocycles. The maximum Gasteiger partial charge on any atom is 0.255 e. The van der Waals surface area contributed by atoms with Crippen LogP contribution in [0.1, 0.15) is 49.9 Å². The number of hydrogen-bond acceptors (Lipinski definition) is 3. The zero-order chi connectivity index (χ0) is 15.5. The molecule has 0 saturated carbocycles. The Morgan fingerprint density at radius 2 is 1.86 bits per heavy atom. The van der Waals surface area contributed by atoms with Gasteiger partial charge in [0, 0.05) is 32.4 Å². The predicted molar refractivity (Wildman–Crippen MR) is 89.1 cm³/mol. The molecule has 1 amide bonds. The van der Waals surface area contributed by atoms with Crippen molar-refractivity contribution in [1.29, 1.82) is 0 Å². The normalized spacial score (nSPS) is 23.6. The first-order chi connectivity index (χ1) is 10.6. The minimum absolute atomic E-state index is 0.145. The van der Waals surface area contributed by atoms with Crippen molar-refractivity contribution in [2.24, 2.45) is 11.8 Å². The minimum Gasteiger partial charge on any atom is -0.370 e. The number of aromatic nitrogens is 1. The third-order valence-electron chi connectivity index (χ3n) is 5.06. The maximum absolute atomic E-state index is 12.7. The van der Waals surface area contributed by atoms with Crippen molar-refractivity contribution in [3.05, 3.63) is 24.0 Å². The number of hydrogen-bond donors (Lipinski definition) is 0. The molecular weight excluding hydrogens is 274 g/mol. The summed E-state index contributed by atoms with van der Waals surface area (Å²) >= 11 is 0. The molecular formula is C18H27N3O. The number of likely N-dealkylation sites (tertiary alicyclic amines) is 1. The van der Waals surface area contributed by atoms with Gasteiger partial charge in [0.05, 0.1) is 17.4 Å². The summed E-state index contributed by atoms with van der Waals surface area (Å²) in [5.74, 6) is 1.56. The van der Waals surface area contributed by atoms with E-state index < -0.39 is 0 Å². The van der Waals surface area contributed by atoms with E-state index in [2.05, 4.69) is 23.7 Å². The molecule has 22 heavy (non-hydrogen) atoms. The molecule has 1 unspecified atom stereocenters. The van der Waals surface area contributed by atoms with Crippen LogP contribution in [0, 0.1) is 11.8 Å². The van der Waals surface area contributed by atoms with E-state index in [0.29, 0.717) is 5.92 Å². The highest BCUT2D eigenvalue weighted by atomic mass is 16.2. The van der Waals surface area contributed by atoms with Crippen LogP contribution >= 0.6 is 0 Å². The van der Waals surface area contributed by atoms with E-state index in [1.807, 2.05) is 17.2 Å². The lowest BCUT2D eigenvalue weighted by molar-refractivity contribution is 0.0682. The Hall–Kier alpha value is -1.58. The van der Waals surface area contributed by atoms with Crippen LogP contribution in [0.5, 0.6) is 0 Å². The Bertz CT molecular complexity index is 523. The molecule has 0 radical (unpaired) electrons. The number of anilines is 1. The molecule has 2 saturated heterocycles. The number of carbonyl (C=O) groups is 1. The Morgan fingerprint density at radius 3 is 2.59 bits per heavy atom. The van der Waals surface area contributed by atoms with E-state index in [9.17, 15) is 4.79 Å². The van der Waals surface area contributed by atoms with Crippen LogP contribution in [-0.2, 0) is 0 Å². The van der Waals surface area contributed by atoms with Crippen molar-refractivity contribution < 1.29 is 4.79 Å². The monoisotopic (exact) mass is 301 g/mol. The van der Waals surface area contributed by atoms with Gasteiger partial charge in [-0.1, -0.05) is 13.8 Å². The van der Waals surface area contributed by atoms with Gasteiger partial charge >= 0.3 is 0 Å². The zero-order valence-electron chi connectivity index (χ0n) is 13.8. The third-order valence-corrected chi connectivity index (χ3v) is 5.06. The first-order valence-corrected chi connectivity index (χ1v) is 8.63. The molecule has 2 aliphatic heterocycles. The Labute approximate surface area is 133 Å². The van der Waals surface area contributed by atoms with Crippen LogP contribution in [0.2, 0.25) is 0 Å². The van der Waals surface area contributed by atoms with Crippen LogP contribution in [0.25, 0.3) is 0 Å². The van der Waals surface area contributed by atoms with E-state index in [-0.39, 0.29) is 5.91 Å². The highest BCUT2D eigenvalue weighted by Gasteiger charge is 2.23. The van der Waals surface area contributed by atoms with Gasteiger partial charge in [0.25, 0.3) is 5.91 Å². The summed E-state index contributed by atoms with van der Waals surface area (Å²) in [6, 6.07) is 2.03. The van der Waals surface area contributed by atoms with E-state index in [4.69, 9.17) is 0 Å². The second-order valence-corrected chi connectivity index (χ2v) is 7.10. The van der Waals surface area contributed by atoms with Crippen LogP contribution < -0.4 is 4.90 Å². The van der Waals surface area contributed by atoms with Gasteiger partial charge in [0.1, 0.15) is 0 Å². The SMILES string of the molecule is CC1CCN(c2cncc(C(=O)N3CCCC(C)C3)c2)CC1. The third kappa shape index (κ3) is 3.42. The molecule has 0 bridgehead atoms.